The number of carbonyl (C=O) groups excluding carboxylic acids is 3. The summed E-state index contributed by atoms with van der Waals surface area (Å²) in [6.45, 7) is 9.74. The largest absolute Gasteiger partial charge is 0.389 e. The summed E-state index contributed by atoms with van der Waals surface area (Å²) in [5.74, 6) is -0.940. The Labute approximate surface area is 166 Å². The van der Waals surface area contributed by atoms with Crippen LogP contribution in [0.3, 0.4) is 0 Å². The highest BCUT2D eigenvalue weighted by Gasteiger charge is 2.42. The van der Waals surface area contributed by atoms with E-state index in [2.05, 4.69) is 5.16 Å². The van der Waals surface area contributed by atoms with Crippen LogP contribution < -0.4 is 0 Å². The van der Waals surface area contributed by atoms with Crippen LogP contribution in [-0.4, -0.2) is 28.7 Å². The molecule has 5 heteroatoms. The Balaban J connectivity index is 1.61. The van der Waals surface area contributed by atoms with Gasteiger partial charge in [0.05, 0.1) is 0 Å². The quantitative estimate of drug-likeness (QED) is 0.692. The van der Waals surface area contributed by atoms with Gasteiger partial charge in [0.2, 0.25) is 0 Å². The molecule has 2 aliphatic rings. The summed E-state index contributed by atoms with van der Waals surface area (Å²) < 4.78 is 0. The van der Waals surface area contributed by atoms with E-state index in [0.29, 0.717) is 31.4 Å². The highest BCUT2D eigenvalue weighted by molar-refractivity contribution is 6.40. The van der Waals surface area contributed by atoms with E-state index in [-0.39, 0.29) is 29.7 Å². The minimum absolute atomic E-state index is 0.00620. The smallest absolute Gasteiger partial charge is 0.180 e. The fourth-order valence-corrected chi connectivity index (χ4v) is 4.50. The summed E-state index contributed by atoms with van der Waals surface area (Å²) in [5, 5.41) is 3.89. The van der Waals surface area contributed by atoms with Crippen molar-refractivity contribution in [2.75, 3.05) is 0 Å². The third kappa shape index (κ3) is 4.08. The molecule has 3 rings (SSSR count). The average Bonchev–Trinajstić information content (AvgIpc) is 3.08. The normalized spacial score (nSPS) is 23.7. The lowest BCUT2D eigenvalue weighted by Gasteiger charge is -2.16. The maximum atomic E-state index is 13.0. The molecule has 1 saturated carbocycles. The zero-order chi connectivity index (χ0) is 20.6. The predicted molar refractivity (Wildman–Crippen MR) is 108 cm³/mol. The molecule has 1 unspecified atom stereocenters. The molecule has 1 heterocycles. The molecule has 1 aliphatic carbocycles. The van der Waals surface area contributed by atoms with Crippen molar-refractivity contribution in [2.45, 2.75) is 78.2 Å². The van der Waals surface area contributed by atoms with Gasteiger partial charge in [-0.3, -0.25) is 14.4 Å². The van der Waals surface area contributed by atoms with Crippen molar-refractivity contribution in [1.29, 1.82) is 0 Å². The molecule has 0 spiro atoms. The molecule has 2 atom stereocenters. The third-order valence-corrected chi connectivity index (χ3v) is 5.76. The number of oxime groups is 1. The van der Waals surface area contributed by atoms with Crippen molar-refractivity contribution in [3.63, 3.8) is 0 Å². The molecule has 0 amide bonds. The summed E-state index contributed by atoms with van der Waals surface area (Å²) >= 11 is 0. The van der Waals surface area contributed by atoms with Gasteiger partial charge in [0.15, 0.2) is 11.6 Å². The highest BCUT2D eigenvalue weighted by atomic mass is 16.7. The van der Waals surface area contributed by atoms with Crippen LogP contribution in [0.5, 0.6) is 0 Å². The first-order valence-corrected chi connectivity index (χ1v) is 10.0. The van der Waals surface area contributed by atoms with Gasteiger partial charge in [-0.15, -0.1) is 0 Å². The van der Waals surface area contributed by atoms with E-state index in [1.807, 2.05) is 46.8 Å². The third-order valence-electron chi connectivity index (χ3n) is 5.76. The van der Waals surface area contributed by atoms with Crippen LogP contribution in [0.2, 0.25) is 0 Å². The molecule has 0 aromatic heterocycles. The number of benzene rings is 1. The summed E-state index contributed by atoms with van der Waals surface area (Å²) in [6, 6.07) is 4.06. The summed E-state index contributed by atoms with van der Waals surface area (Å²) in [7, 11) is 0. The van der Waals surface area contributed by atoms with Gasteiger partial charge < -0.3 is 4.84 Å². The average molecular weight is 383 g/mol. The number of nitrogens with zero attached hydrogens (tertiary/aromatic N) is 1. The van der Waals surface area contributed by atoms with Crippen LogP contribution in [0.1, 0.15) is 74.1 Å². The first kappa shape index (κ1) is 20.4. The Kier molecular flexibility index (Phi) is 5.55. The lowest BCUT2D eigenvalue weighted by molar-refractivity contribution is -0.125. The van der Waals surface area contributed by atoms with Crippen molar-refractivity contribution < 1.29 is 19.2 Å². The monoisotopic (exact) mass is 383 g/mol. The van der Waals surface area contributed by atoms with Gasteiger partial charge in [-0.25, -0.2) is 0 Å². The Morgan fingerprint density at radius 1 is 1.18 bits per heavy atom. The second-order valence-electron chi connectivity index (χ2n) is 8.90. The minimum atomic E-state index is -0.644. The molecule has 1 aromatic rings. The summed E-state index contributed by atoms with van der Waals surface area (Å²) in [6.07, 6.45) is 2.28. The molecule has 1 aromatic carbocycles. The standard InChI is InChI=1S/C23H29NO4/c1-13-9-14(2)20(15(3)10-13)21-19(26)11-16(22(21)27)7-6-8-18(25)17-12-23(4,5)28-24-17/h9-10,16,21H,6-8,11-12H2,1-5H3/t16-,21?/m0/s1. The van der Waals surface area contributed by atoms with Gasteiger partial charge in [-0.05, 0) is 64.2 Å². The topological polar surface area (TPSA) is 72.8 Å². The minimum Gasteiger partial charge on any atom is -0.389 e. The van der Waals surface area contributed by atoms with Gasteiger partial charge >= 0.3 is 0 Å². The Morgan fingerprint density at radius 3 is 2.39 bits per heavy atom. The van der Waals surface area contributed by atoms with Crippen LogP contribution in [0.25, 0.3) is 0 Å². The molecule has 1 aliphatic heterocycles. The van der Waals surface area contributed by atoms with E-state index < -0.39 is 11.5 Å². The second-order valence-corrected chi connectivity index (χ2v) is 8.90. The second kappa shape index (κ2) is 7.61. The molecule has 150 valence electrons. The molecule has 0 N–H and O–H groups in total. The van der Waals surface area contributed by atoms with E-state index >= 15 is 0 Å². The Morgan fingerprint density at radius 2 is 1.82 bits per heavy atom. The number of rotatable bonds is 6. The maximum Gasteiger partial charge on any atom is 0.180 e. The first-order chi connectivity index (χ1) is 13.1. The lowest BCUT2D eigenvalue weighted by atomic mass is 9.86. The van der Waals surface area contributed by atoms with E-state index in [0.717, 1.165) is 22.3 Å². The van der Waals surface area contributed by atoms with Gasteiger partial charge in [0.1, 0.15) is 23.0 Å². The van der Waals surface area contributed by atoms with E-state index in [9.17, 15) is 14.4 Å². The molecule has 5 nitrogen and oxygen atoms in total. The molecule has 0 bridgehead atoms. The van der Waals surface area contributed by atoms with E-state index in [1.165, 1.54) is 0 Å². The van der Waals surface area contributed by atoms with Crippen molar-refractivity contribution in [1.82, 2.24) is 0 Å². The zero-order valence-electron chi connectivity index (χ0n) is 17.4. The molecular formula is C23H29NO4. The fourth-order valence-electron chi connectivity index (χ4n) is 4.50. The fraction of sp³-hybridized carbons (Fsp3) is 0.565. The van der Waals surface area contributed by atoms with Gasteiger partial charge in [0, 0.05) is 25.2 Å². The predicted octanol–water partition coefficient (Wildman–Crippen LogP) is 4.15. The Hall–Kier alpha value is -2.30. The van der Waals surface area contributed by atoms with Crippen LogP contribution >= 0.6 is 0 Å². The molecule has 0 saturated heterocycles. The van der Waals surface area contributed by atoms with Gasteiger partial charge in [0.25, 0.3) is 0 Å². The number of Topliss-reactive ketones (excluding diaryl/α,β-unsaturated/α-hetero) is 3. The molecule has 28 heavy (non-hydrogen) atoms. The highest BCUT2D eigenvalue weighted by Crippen LogP contribution is 2.38. The van der Waals surface area contributed by atoms with Crippen LogP contribution in [-0.2, 0) is 19.2 Å². The SMILES string of the molecule is Cc1cc(C)c(C2C(=O)C[C@H](CCCC(=O)C3=NOC(C)(C)C3)C2=O)c(C)c1. The van der Waals surface area contributed by atoms with Crippen molar-refractivity contribution in [3.05, 3.63) is 34.4 Å². The van der Waals surface area contributed by atoms with Crippen LogP contribution in [0.4, 0.5) is 0 Å². The molecule has 0 radical (unpaired) electrons. The number of carbonyl (C=O) groups is 3. The Bertz CT molecular complexity index is 842. The number of hydrogen-bond donors (Lipinski definition) is 0. The van der Waals surface area contributed by atoms with Gasteiger partial charge in [-0.1, -0.05) is 22.9 Å². The van der Waals surface area contributed by atoms with Crippen molar-refractivity contribution >= 4 is 23.1 Å². The van der Waals surface area contributed by atoms with Crippen LogP contribution in [0, 0.1) is 26.7 Å². The first-order valence-electron chi connectivity index (χ1n) is 10.0. The van der Waals surface area contributed by atoms with E-state index in [1.54, 1.807) is 0 Å². The number of ketones is 3. The number of aryl methyl sites for hydroxylation is 3. The summed E-state index contributed by atoms with van der Waals surface area (Å²) in [5.41, 5.74) is 4.06. The van der Waals surface area contributed by atoms with Gasteiger partial charge in [-0.2, -0.15) is 0 Å². The van der Waals surface area contributed by atoms with Crippen molar-refractivity contribution in [3.8, 4) is 0 Å². The zero-order valence-corrected chi connectivity index (χ0v) is 17.4. The summed E-state index contributed by atoms with van der Waals surface area (Å²) in [4.78, 5) is 43.2. The van der Waals surface area contributed by atoms with E-state index in [4.69, 9.17) is 4.84 Å². The molecular weight excluding hydrogens is 354 g/mol. The maximum absolute atomic E-state index is 13.0. The molecule has 1 fully saturated rings. The lowest BCUT2D eigenvalue weighted by Crippen LogP contribution is -2.22. The van der Waals surface area contributed by atoms with Crippen LogP contribution in [0.15, 0.2) is 17.3 Å². The number of hydrogen-bond acceptors (Lipinski definition) is 5. The van der Waals surface area contributed by atoms with Crippen molar-refractivity contribution in [2.24, 2.45) is 11.1 Å².